The zero-order valence-corrected chi connectivity index (χ0v) is 37.1. The molecule has 0 aliphatic carbocycles. The normalized spacial score (nSPS) is 18.7. The molecule has 3 unspecified atom stereocenters. The molecule has 1 aromatic rings. The average molecular weight is 856 g/mol. The number of aliphatic hydroxyl groups excluding tert-OH is 3. The standard InChI is InChI=1S/C43H77N5O10S/c1-4-7-10-13-16-19-22-25-37(50)44-34(42(55)45-36-28-48(47-46-36)43-41(54)40(53)35(29-49)58-43)32-59-31-33(57-39(52)27-24-21-18-15-12-9-6-3)30-56-38(51)26-23-20-17-14-11-8-5-2/h28,33-35,40-41,43,49,53-54H,4-27,29-32H2,1-3H3,(H,44,50)(H,45,55)/t33?,34?,35?,40-,41-,43+/m1/s1. The highest BCUT2D eigenvalue weighted by molar-refractivity contribution is 7.99. The minimum atomic E-state index is -1.38. The highest BCUT2D eigenvalue weighted by atomic mass is 32.2. The molecule has 1 aromatic heterocycles. The van der Waals surface area contributed by atoms with Crippen LogP contribution >= 0.6 is 11.8 Å². The Balaban J connectivity index is 2.04. The fourth-order valence-electron chi connectivity index (χ4n) is 6.85. The number of carbonyl (C=O) groups excluding carboxylic acids is 4. The molecular formula is C43H77N5O10S. The van der Waals surface area contributed by atoms with Crippen LogP contribution in [0.3, 0.4) is 0 Å². The van der Waals surface area contributed by atoms with E-state index in [0.717, 1.165) is 81.7 Å². The zero-order valence-electron chi connectivity index (χ0n) is 36.3. The number of hydrogen-bond donors (Lipinski definition) is 5. The predicted molar refractivity (Wildman–Crippen MR) is 230 cm³/mol. The summed E-state index contributed by atoms with van der Waals surface area (Å²) in [5.41, 5.74) is 0. The molecule has 0 spiro atoms. The van der Waals surface area contributed by atoms with Gasteiger partial charge in [0.25, 0.3) is 0 Å². The SMILES string of the molecule is CCCCCCCCCC(=O)NC(CSCC(COC(=O)CCCCCCCCC)OC(=O)CCCCCCCCC)C(=O)Nc1cn([C@H]2OC(CO)[C@@H](O)[C@H]2O)nn1. The second-order valence-corrected chi connectivity index (χ2v) is 16.9. The van der Waals surface area contributed by atoms with Gasteiger partial charge in [-0.25, -0.2) is 4.68 Å². The lowest BCUT2D eigenvalue weighted by atomic mass is 10.1. The van der Waals surface area contributed by atoms with E-state index in [-0.39, 0.29) is 54.6 Å². The van der Waals surface area contributed by atoms with Crippen molar-refractivity contribution in [2.45, 2.75) is 212 Å². The van der Waals surface area contributed by atoms with Gasteiger partial charge in [-0.1, -0.05) is 142 Å². The molecule has 0 bridgehead atoms. The maximum atomic E-state index is 13.6. The molecule has 59 heavy (non-hydrogen) atoms. The maximum Gasteiger partial charge on any atom is 0.306 e. The number of carbonyl (C=O) groups is 4. The molecule has 2 heterocycles. The third kappa shape index (κ3) is 23.1. The van der Waals surface area contributed by atoms with Crippen LogP contribution < -0.4 is 10.6 Å². The fourth-order valence-corrected chi connectivity index (χ4v) is 7.89. The van der Waals surface area contributed by atoms with E-state index in [0.29, 0.717) is 12.8 Å². The number of hydrogen-bond acceptors (Lipinski definition) is 13. The third-order valence-electron chi connectivity index (χ3n) is 10.5. The summed E-state index contributed by atoms with van der Waals surface area (Å²) in [4.78, 5) is 52.3. The van der Waals surface area contributed by atoms with Crippen molar-refractivity contribution in [1.29, 1.82) is 0 Å². The van der Waals surface area contributed by atoms with E-state index in [1.54, 1.807) is 0 Å². The molecule has 2 rings (SSSR count). The first-order valence-electron chi connectivity index (χ1n) is 22.7. The summed E-state index contributed by atoms with van der Waals surface area (Å²) < 4.78 is 18.0. The van der Waals surface area contributed by atoms with Gasteiger partial charge in [-0.15, -0.1) is 5.10 Å². The number of thioether (sulfide) groups is 1. The second-order valence-electron chi connectivity index (χ2n) is 15.9. The van der Waals surface area contributed by atoms with Crippen molar-refractivity contribution in [3.05, 3.63) is 6.20 Å². The molecule has 1 saturated heterocycles. The van der Waals surface area contributed by atoms with E-state index in [9.17, 15) is 34.5 Å². The number of aromatic nitrogens is 3. The Morgan fingerprint density at radius 3 is 1.81 bits per heavy atom. The van der Waals surface area contributed by atoms with Gasteiger partial charge in [-0.3, -0.25) is 19.2 Å². The van der Waals surface area contributed by atoms with Gasteiger partial charge in [0, 0.05) is 30.8 Å². The molecule has 0 radical (unpaired) electrons. The Morgan fingerprint density at radius 1 is 0.746 bits per heavy atom. The number of ether oxygens (including phenoxy) is 3. The van der Waals surface area contributed by atoms with Gasteiger partial charge in [0.05, 0.1) is 12.8 Å². The van der Waals surface area contributed by atoms with Crippen molar-refractivity contribution in [2.24, 2.45) is 0 Å². The quantitative estimate of drug-likeness (QED) is 0.0343. The first kappa shape index (κ1) is 52.3. The highest BCUT2D eigenvalue weighted by Gasteiger charge is 2.44. The largest absolute Gasteiger partial charge is 0.462 e. The lowest BCUT2D eigenvalue weighted by Crippen LogP contribution is -2.45. The maximum absolute atomic E-state index is 13.6. The fraction of sp³-hybridized carbons (Fsp3) is 0.860. The number of unbranched alkanes of at least 4 members (excludes halogenated alkanes) is 18. The Labute approximate surface area is 357 Å². The minimum absolute atomic E-state index is 0.0223. The van der Waals surface area contributed by atoms with E-state index in [2.05, 4.69) is 41.7 Å². The van der Waals surface area contributed by atoms with Gasteiger partial charge in [0.2, 0.25) is 11.8 Å². The van der Waals surface area contributed by atoms with E-state index in [4.69, 9.17) is 14.2 Å². The van der Waals surface area contributed by atoms with Gasteiger partial charge in [-0.2, -0.15) is 11.8 Å². The van der Waals surface area contributed by atoms with Crippen molar-refractivity contribution in [3.8, 4) is 0 Å². The van der Waals surface area contributed by atoms with Crippen molar-refractivity contribution in [1.82, 2.24) is 20.3 Å². The third-order valence-corrected chi connectivity index (χ3v) is 11.7. The number of aliphatic hydroxyl groups is 3. The molecule has 0 aromatic carbocycles. The van der Waals surface area contributed by atoms with Crippen LogP contribution in [0.2, 0.25) is 0 Å². The molecular weight excluding hydrogens is 779 g/mol. The van der Waals surface area contributed by atoms with Crippen LogP contribution in [0.25, 0.3) is 0 Å². The second kappa shape index (κ2) is 32.9. The number of nitrogens with zero attached hydrogens (tertiary/aromatic N) is 3. The van der Waals surface area contributed by atoms with Gasteiger partial charge >= 0.3 is 11.9 Å². The number of anilines is 1. The van der Waals surface area contributed by atoms with E-state index in [1.807, 2.05) is 0 Å². The highest BCUT2D eigenvalue weighted by Crippen LogP contribution is 2.29. The van der Waals surface area contributed by atoms with E-state index >= 15 is 0 Å². The van der Waals surface area contributed by atoms with Crippen molar-refractivity contribution >= 4 is 41.3 Å². The van der Waals surface area contributed by atoms with Crippen molar-refractivity contribution in [2.75, 3.05) is 30.0 Å². The summed E-state index contributed by atoms with van der Waals surface area (Å²) >= 11 is 1.29. The minimum Gasteiger partial charge on any atom is -0.462 e. The Morgan fingerprint density at radius 2 is 1.27 bits per heavy atom. The summed E-state index contributed by atoms with van der Waals surface area (Å²) in [6, 6.07) is -1.000. The Kier molecular flexibility index (Phi) is 29.2. The van der Waals surface area contributed by atoms with Crippen LogP contribution in [0.1, 0.15) is 181 Å². The van der Waals surface area contributed by atoms with Gasteiger partial charge in [0.1, 0.15) is 37.1 Å². The molecule has 15 nitrogen and oxygen atoms in total. The molecule has 0 saturated carbocycles. The zero-order chi connectivity index (χ0) is 43.1. The van der Waals surface area contributed by atoms with Gasteiger partial charge < -0.3 is 40.2 Å². The Bertz CT molecular complexity index is 1290. The van der Waals surface area contributed by atoms with Crippen molar-refractivity contribution in [3.63, 3.8) is 0 Å². The van der Waals surface area contributed by atoms with Gasteiger partial charge in [-0.05, 0) is 19.3 Å². The molecule has 16 heteroatoms. The lowest BCUT2D eigenvalue weighted by Gasteiger charge is -2.21. The van der Waals surface area contributed by atoms with Crippen LogP contribution in [-0.4, -0.2) is 109 Å². The van der Waals surface area contributed by atoms with Crippen LogP contribution in [0.15, 0.2) is 6.20 Å². The average Bonchev–Trinajstić information content (AvgIpc) is 3.80. The predicted octanol–water partition coefficient (Wildman–Crippen LogP) is 6.92. The van der Waals surface area contributed by atoms with E-state index < -0.39 is 49.2 Å². The molecule has 340 valence electrons. The lowest BCUT2D eigenvalue weighted by molar-refractivity contribution is -0.157. The topological polar surface area (TPSA) is 211 Å². The van der Waals surface area contributed by atoms with Crippen LogP contribution in [0.5, 0.6) is 0 Å². The van der Waals surface area contributed by atoms with Crippen molar-refractivity contribution < 1.29 is 48.7 Å². The molecule has 2 amide bonds. The van der Waals surface area contributed by atoms with Crippen LogP contribution in [-0.2, 0) is 33.4 Å². The van der Waals surface area contributed by atoms with Crippen LogP contribution in [0, 0.1) is 0 Å². The number of nitrogens with one attached hydrogen (secondary N) is 2. The van der Waals surface area contributed by atoms with Gasteiger partial charge in [0.15, 0.2) is 12.0 Å². The molecule has 1 aliphatic heterocycles. The van der Waals surface area contributed by atoms with E-state index in [1.165, 1.54) is 69.3 Å². The number of rotatable bonds is 36. The summed E-state index contributed by atoms with van der Waals surface area (Å²) in [5, 5.41) is 43.4. The molecule has 5 N–H and O–H groups in total. The number of amides is 2. The number of esters is 2. The summed E-state index contributed by atoms with van der Waals surface area (Å²) in [5.74, 6) is -1.16. The van der Waals surface area contributed by atoms with Crippen LogP contribution in [0.4, 0.5) is 5.82 Å². The summed E-state index contributed by atoms with van der Waals surface area (Å²) in [7, 11) is 0. The summed E-state index contributed by atoms with van der Waals surface area (Å²) in [6.07, 6.45) is 18.9. The Hall–Kier alpha value is -2.79. The smallest absolute Gasteiger partial charge is 0.306 e. The first-order chi connectivity index (χ1) is 28.6. The molecule has 6 atom stereocenters. The molecule has 1 aliphatic rings. The first-order valence-corrected chi connectivity index (χ1v) is 23.9. The monoisotopic (exact) mass is 856 g/mol. The molecule has 1 fully saturated rings. The summed E-state index contributed by atoms with van der Waals surface area (Å²) in [6.45, 7) is 5.92.